The Morgan fingerprint density at radius 1 is 1.30 bits per heavy atom. The van der Waals surface area contributed by atoms with E-state index >= 15 is 0 Å². The van der Waals surface area contributed by atoms with Crippen molar-refractivity contribution in [2.45, 2.75) is 37.3 Å². The summed E-state index contributed by atoms with van der Waals surface area (Å²) in [6, 6.07) is 5.87. The molecule has 2 bridgehead atoms. The van der Waals surface area contributed by atoms with Crippen LogP contribution in [0.25, 0.3) is 22.6 Å². The number of amides is 1. The maximum atomic E-state index is 12.3. The Morgan fingerprint density at radius 3 is 2.80 bits per heavy atom. The fourth-order valence-electron chi connectivity index (χ4n) is 6.77. The second-order valence-corrected chi connectivity index (χ2v) is 11.6. The topological polar surface area (TPSA) is 150 Å². The molecule has 2 fully saturated rings. The van der Waals surface area contributed by atoms with Crippen molar-refractivity contribution in [1.29, 1.82) is 0 Å². The minimum absolute atomic E-state index is 0.144. The van der Waals surface area contributed by atoms with Crippen molar-refractivity contribution in [3.63, 3.8) is 0 Å². The average molecular weight is 567 g/mol. The normalized spacial score (nSPS) is 25.5. The number of hydrogen-bond acceptors (Lipinski definition) is 8. The number of nitrogens with zero attached hydrogens (tertiary/aromatic N) is 3. The molecule has 0 spiro atoms. The van der Waals surface area contributed by atoms with Gasteiger partial charge in [0.2, 0.25) is 5.91 Å². The van der Waals surface area contributed by atoms with Gasteiger partial charge in [-0.15, -0.1) is 0 Å². The predicted octanol–water partition coefficient (Wildman–Crippen LogP) is 2.91. The SMILES string of the molecule is COc1ccc(-c2nc3c(NC4C5C=CC(C5)C4C(N)=O)c(Cl)cnc3[nH]2)c(C2CCN(C[C@H](O)CO)CC2)c1. The number of anilines is 1. The zero-order chi connectivity index (χ0) is 28.0. The van der Waals surface area contributed by atoms with E-state index in [0.29, 0.717) is 34.2 Å². The summed E-state index contributed by atoms with van der Waals surface area (Å²) in [4.78, 5) is 27.4. The van der Waals surface area contributed by atoms with Crippen LogP contribution in [0.4, 0.5) is 5.69 Å². The van der Waals surface area contributed by atoms with Crippen LogP contribution in [-0.2, 0) is 4.79 Å². The number of carbonyl (C=O) groups excluding carboxylic acids is 1. The largest absolute Gasteiger partial charge is 0.497 e. The van der Waals surface area contributed by atoms with E-state index in [2.05, 4.69) is 38.4 Å². The summed E-state index contributed by atoms with van der Waals surface area (Å²) in [6.45, 7) is 1.88. The number of pyridine rings is 1. The molecule has 3 heterocycles. The van der Waals surface area contributed by atoms with Gasteiger partial charge < -0.3 is 35.9 Å². The van der Waals surface area contributed by atoms with E-state index < -0.39 is 6.10 Å². The average Bonchev–Trinajstić information content (AvgIpc) is 3.69. The number of benzene rings is 1. The van der Waals surface area contributed by atoms with Crippen LogP contribution in [0.5, 0.6) is 5.75 Å². The third kappa shape index (κ3) is 4.94. The summed E-state index contributed by atoms with van der Waals surface area (Å²) >= 11 is 6.65. The van der Waals surface area contributed by atoms with Gasteiger partial charge in [0, 0.05) is 18.2 Å². The number of imidazole rings is 1. The van der Waals surface area contributed by atoms with Crippen LogP contribution in [-0.4, -0.2) is 81.5 Å². The number of aromatic nitrogens is 3. The lowest BCUT2D eigenvalue weighted by atomic mass is 9.86. The fraction of sp³-hybridized carbons (Fsp3) is 0.483. The molecule has 3 aromatic rings. The molecule has 1 saturated carbocycles. The molecule has 212 valence electrons. The van der Waals surface area contributed by atoms with Gasteiger partial charge in [-0.1, -0.05) is 23.8 Å². The van der Waals surface area contributed by atoms with Gasteiger partial charge in [-0.25, -0.2) is 9.97 Å². The molecule has 1 aromatic carbocycles. The van der Waals surface area contributed by atoms with Gasteiger partial charge in [0.05, 0.1) is 42.6 Å². The number of piperidine rings is 1. The quantitative estimate of drug-likeness (QED) is 0.248. The summed E-state index contributed by atoms with van der Waals surface area (Å²) in [5.41, 5.74) is 9.76. The van der Waals surface area contributed by atoms with E-state index in [1.807, 2.05) is 12.1 Å². The first-order valence-electron chi connectivity index (χ1n) is 13.8. The number of nitrogens with one attached hydrogen (secondary N) is 2. The molecule has 0 radical (unpaired) electrons. The second-order valence-electron chi connectivity index (χ2n) is 11.2. The summed E-state index contributed by atoms with van der Waals surface area (Å²) in [7, 11) is 1.66. The van der Waals surface area contributed by atoms with Gasteiger partial charge in [-0.2, -0.15) is 0 Å². The number of H-pyrrole nitrogens is 1. The zero-order valence-electron chi connectivity index (χ0n) is 22.4. The number of hydrogen-bond donors (Lipinski definition) is 5. The van der Waals surface area contributed by atoms with Crippen molar-refractivity contribution in [1.82, 2.24) is 19.9 Å². The molecule has 1 amide bonds. The lowest BCUT2D eigenvalue weighted by Crippen LogP contribution is -2.41. The van der Waals surface area contributed by atoms with Crippen molar-refractivity contribution in [2.75, 3.05) is 38.7 Å². The number of aliphatic hydroxyl groups is 2. The minimum Gasteiger partial charge on any atom is -0.497 e. The van der Waals surface area contributed by atoms with E-state index in [1.165, 1.54) is 0 Å². The van der Waals surface area contributed by atoms with Gasteiger partial charge >= 0.3 is 0 Å². The molecule has 2 aromatic heterocycles. The predicted molar refractivity (Wildman–Crippen MR) is 153 cm³/mol. The Bertz CT molecular complexity index is 1440. The molecule has 6 N–H and O–H groups in total. The third-order valence-corrected chi connectivity index (χ3v) is 9.07. The van der Waals surface area contributed by atoms with Crippen LogP contribution in [0, 0.1) is 17.8 Å². The molecule has 1 saturated heterocycles. The first kappa shape index (κ1) is 27.0. The maximum absolute atomic E-state index is 12.3. The molecule has 4 unspecified atom stereocenters. The lowest BCUT2D eigenvalue weighted by molar-refractivity contribution is -0.122. The number of methoxy groups -OCH3 is 1. The number of primary amides is 1. The van der Waals surface area contributed by atoms with Crippen LogP contribution in [0.15, 0.2) is 36.5 Å². The summed E-state index contributed by atoms with van der Waals surface area (Å²) in [5, 5.41) is 23.0. The first-order chi connectivity index (χ1) is 19.4. The number of halogens is 1. The lowest BCUT2D eigenvalue weighted by Gasteiger charge is -2.33. The molecule has 10 nitrogen and oxygen atoms in total. The van der Waals surface area contributed by atoms with Crippen LogP contribution in [0.2, 0.25) is 5.02 Å². The molecular formula is C29H35ClN6O4. The third-order valence-electron chi connectivity index (χ3n) is 8.79. The highest BCUT2D eigenvalue weighted by Gasteiger charge is 2.47. The number of ether oxygens (including phenoxy) is 1. The number of nitrogens with two attached hydrogens (primary N) is 1. The number of aromatic amines is 1. The van der Waals surface area contributed by atoms with Crippen LogP contribution >= 0.6 is 11.6 Å². The molecule has 3 aliphatic rings. The number of β-amino-alcohol motifs (C(OH)–C–C–N with tert-alkyl or cyclic N) is 1. The van der Waals surface area contributed by atoms with Gasteiger partial charge in [-0.3, -0.25) is 4.79 Å². The molecule has 40 heavy (non-hydrogen) atoms. The van der Waals surface area contributed by atoms with E-state index in [9.17, 15) is 15.0 Å². The molecule has 11 heteroatoms. The van der Waals surface area contributed by atoms with Gasteiger partial charge in [0.15, 0.2) is 5.65 Å². The van der Waals surface area contributed by atoms with Crippen molar-refractivity contribution in [2.24, 2.45) is 23.5 Å². The van der Waals surface area contributed by atoms with E-state index in [0.717, 1.165) is 49.2 Å². The van der Waals surface area contributed by atoms with Crippen molar-refractivity contribution in [3.05, 3.63) is 47.1 Å². The highest BCUT2D eigenvalue weighted by Crippen LogP contribution is 2.46. The highest BCUT2D eigenvalue weighted by atomic mass is 35.5. The van der Waals surface area contributed by atoms with Crippen molar-refractivity contribution in [3.8, 4) is 17.1 Å². The Hall–Kier alpha value is -3.18. The summed E-state index contributed by atoms with van der Waals surface area (Å²) in [6.07, 6.45) is 7.83. The van der Waals surface area contributed by atoms with Crippen LogP contribution in [0.3, 0.4) is 0 Å². The van der Waals surface area contributed by atoms with Gasteiger partial charge in [-0.05, 0) is 73.9 Å². The number of likely N-dealkylation sites (tertiary alicyclic amines) is 1. The highest BCUT2D eigenvalue weighted by molar-refractivity contribution is 6.34. The fourth-order valence-corrected chi connectivity index (χ4v) is 6.97. The Kier molecular flexibility index (Phi) is 7.43. The molecule has 1 aliphatic heterocycles. The molecular weight excluding hydrogens is 532 g/mol. The zero-order valence-corrected chi connectivity index (χ0v) is 23.1. The number of carbonyl (C=O) groups is 1. The summed E-state index contributed by atoms with van der Waals surface area (Å²) < 4.78 is 5.56. The molecule has 6 rings (SSSR count). The van der Waals surface area contributed by atoms with Gasteiger partial charge in [0.1, 0.15) is 17.1 Å². The van der Waals surface area contributed by atoms with Gasteiger partial charge in [0.25, 0.3) is 0 Å². The maximum Gasteiger partial charge on any atom is 0.223 e. The van der Waals surface area contributed by atoms with E-state index in [-0.39, 0.29) is 42.2 Å². The first-order valence-corrected chi connectivity index (χ1v) is 14.2. The summed E-state index contributed by atoms with van der Waals surface area (Å²) in [5.74, 6) is 1.47. The number of allylic oxidation sites excluding steroid dienone is 1. The smallest absolute Gasteiger partial charge is 0.223 e. The number of aliphatic hydroxyl groups excluding tert-OH is 2. The van der Waals surface area contributed by atoms with Crippen molar-refractivity contribution < 1.29 is 19.7 Å². The standard InChI is InChI=1S/C29H35ClN6O4/c1-40-19-4-5-20(21(11-19)15-6-8-36(9-7-15)13-18(38)14-37)28-34-26-25(22(30)12-32-29(26)35-28)33-24-17-3-2-16(10-17)23(24)27(31)39/h2-5,11-12,15-18,23-24,37-38H,6-10,13-14H2,1H3,(H2,31,39)(H2,32,33,34,35)/t16?,17?,18-,23?,24?/m0/s1. The number of rotatable bonds is 9. The number of fused-ring (bicyclic) bond motifs is 3. The van der Waals surface area contributed by atoms with E-state index in [4.69, 9.17) is 27.1 Å². The minimum atomic E-state index is -0.727. The second kappa shape index (κ2) is 11.0. The Balaban J connectivity index is 1.32. The van der Waals surface area contributed by atoms with Crippen LogP contribution in [0.1, 0.15) is 30.7 Å². The molecule has 5 atom stereocenters. The molecule has 2 aliphatic carbocycles. The van der Waals surface area contributed by atoms with Crippen molar-refractivity contribution >= 4 is 34.4 Å². The van der Waals surface area contributed by atoms with Crippen LogP contribution < -0.4 is 15.8 Å². The van der Waals surface area contributed by atoms with E-state index in [1.54, 1.807) is 13.3 Å². The Morgan fingerprint density at radius 2 is 2.08 bits per heavy atom. The monoisotopic (exact) mass is 566 g/mol. The Labute approximate surface area is 237 Å².